The second-order valence-electron chi connectivity index (χ2n) is 4.78. The average molecular weight is 219 g/mol. The molecular formula is C14H15Cl. The van der Waals surface area contributed by atoms with Crippen molar-refractivity contribution in [2.45, 2.75) is 37.5 Å². The highest BCUT2D eigenvalue weighted by molar-refractivity contribution is 6.30. The molecule has 0 radical (unpaired) electrons. The normalized spacial score (nSPS) is 21.9. The molecule has 1 spiro atoms. The van der Waals surface area contributed by atoms with Crippen LogP contribution in [0.1, 0.15) is 43.2 Å². The molecule has 0 amide bonds. The van der Waals surface area contributed by atoms with Crippen molar-refractivity contribution in [1.29, 1.82) is 0 Å². The maximum atomic E-state index is 6.02. The molecule has 1 aromatic carbocycles. The van der Waals surface area contributed by atoms with E-state index in [1.54, 1.807) is 0 Å². The van der Waals surface area contributed by atoms with Crippen LogP contribution in [0.4, 0.5) is 0 Å². The molecule has 0 aliphatic heterocycles. The zero-order valence-electron chi connectivity index (χ0n) is 8.80. The molecule has 1 fully saturated rings. The molecule has 3 rings (SSSR count). The molecule has 0 saturated heterocycles. The summed E-state index contributed by atoms with van der Waals surface area (Å²) >= 11 is 6.02. The lowest BCUT2D eigenvalue weighted by atomic mass is 9.71. The summed E-state index contributed by atoms with van der Waals surface area (Å²) in [7, 11) is 0. The highest BCUT2D eigenvalue weighted by Crippen LogP contribution is 2.46. The van der Waals surface area contributed by atoms with Crippen LogP contribution in [-0.2, 0) is 5.41 Å². The molecule has 1 aromatic rings. The molecule has 0 unspecified atom stereocenters. The van der Waals surface area contributed by atoms with Crippen molar-refractivity contribution in [3.05, 3.63) is 40.4 Å². The van der Waals surface area contributed by atoms with Crippen LogP contribution in [0.5, 0.6) is 0 Å². The molecule has 15 heavy (non-hydrogen) atoms. The third kappa shape index (κ3) is 1.43. The first-order chi connectivity index (χ1) is 7.30. The van der Waals surface area contributed by atoms with E-state index in [-0.39, 0.29) is 0 Å². The summed E-state index contributed by atoms with van der Waals surface area (Å²) in [5, 5.41) is 0.853. The monoisotopic (exact) mass is 218 g/mol. The Hall–Kier alpha value is -0.750. The van der Waals surface area contributed by atoms with Gasteiger partial charge in [-0.25, -0.2) is 0 Å². The minimum absolute atomic E-state index is 0.359. The first-order valence-electron chi connectivity index (χ1n) is 5.79. The fourth-order valence-electron chi connectivity index (χ4n) is 3.08. The average Bonchev–Trinajstić information content (AvgIpc) is 2.58. The Labute approximate surface area is 96.0 Å². The van der Waals surface area contributed by atoms with E-state index in [2.05, 4.69) is 24.3 Å². The summed E-state index contributed by atoms with van der Waals surface area (Å²) in [4.78, 5) is 0. The first-order valence-corrected chi connectivity index (χ1v) is 6.17. The number of halogens is 1. The Morgan fingerprint density at radius 1 is 1.07 bits per heavy atom. The summed E-state index contributed by atoms with van der Waals surface area (Å²) in [5.74, 6) is 0. The second kappa shape index (κ2) is 3.38. The minimum atomic E-state index is 0.359. The van der Waals surface area contributed by atoms with Gasteiger partial charge in [0.1, 0.15) is 0 Å². The molecule has 0 bridgehead atoms. The lowest BCUT2D eigenvalue weighted by molar-refractivity contribution is 0.362. The van der Waals surface area contributed by atoms with Gasteiger partial charge in [0.05, 0.1) is 0 Å². The van der Waals surface area contributed by atoms with Crippen LogP contribution < -0.4 is 0 Å². The third-order valence-corrected chi connectivity index (χ3v) is 4.11. The van der Waals surface area contributed by atoms with Gasteiger partial charge in [-0.05, 0) is 36.1 Å². The van der Waals surface area contributed by atoms with E-state index in [1.165, 1.54) is 43.2 Å². The number of hydrogen-bond acceptors (Lipinski definition) is 0. The standard InChI is InChI=1S/C14H15Cl/c15-12-4-5-13-11(10-12)6-9-14(13)7-2-1-3-8-14/h4-6,9-10H,1-3,7-8H2. The molecule has 1 heteroatoms. The van der Waals surface area contributed by atoms with Gasteiger partial charge in [-0.1, -0.05) is 49.1 Å². The SMILES string of the molecule is Clc1ccc2c(c1)C=CC21CCCCC1. The second-order valence-corrected chi connectivity index (χ2v) is 5.22. The smallest absolute Gasteiger partial charge is 0.0412 e. The Balaban J connectivity index is 2.07. The quantitative estimate of drug-likeness (QED) is 0.599. The molecule has 1 saturated carbocycles. The van der Waals surface area contributed by atoms with Crippen LogP contribution in [0.3, 0.4) is 0 Å². The predicted molar refractivity (Wildman–Crippen MR) is 65.2 cm³/mol. The zero-order valence-corrected chi connectivity index (χ0v) is 9.56. The molecule has 2 aliphatic rings. The maximum Gasteiger partial charge on any atom is 0.0412 e. The van der Waals surface area contributed by atoms with E-state index in [0.717, 1.165) is 5.02 Å². The van der Waals surface area contributed by atoms with E-state index < -0.39 is 0 Å². The Morgan fingerprint density at radius 2 is 1.87 bits per heavy atom. The Morgan fingerprint density at radius 3 is 2.67 bits per heavy atom. The van der Waals surface area contributed by atoms with Crippen molar-refractivity contribution in [2.75, 3.05) is 0 Å². The van der Waals surface area contributed by atoms with E-state index >= 15 is 0 Å². The summed E-state index contributed by atoms with van der Waals surface area (Å²) in [6, 6.07) is 6.35. The van der Waals surface area contributed by atoms with Gasteiger partial charge in [0.25, 0.3) is 0 Å². The van der Waals surface area contributed by atoms with Crippen LogP contribution in [0, 0.1) is 0 Å². The highest BCUT2D eigenvalue weighted by atomic mass is 35.5. The summed E-state index contributed by atoms with van der Waals surface area (Å²) in [5.41, 5.74) is 3.20. The van der Waals surface area contributed by atoms with Gasteiger partial charge in [0.15, 0.2) is 0 Å². The summed E-state index contributed by atoms with van der Waals surface area (Å²) < 4.78 is 0. The van der Waals surface area contributed by atoms with E-state index in [4.69, 9.17) is 11.6 Å². The molecule has 0 atom stereocenters. The summed E-state index contributed by atoms with van der Waals surface area (Å²) in [6.45, 7) is 0. The van der Waals surface area contributed by atoms with E-state index in [9.17, 15) is 0 Å². The number of allylic oxidation sites excluding steroid dienone is 1. The van der Waals surface area contributed by atoms with Crippen molar-refractivity contribution in [3.8, 4) is 0 Å². The number of rotatable bonds is 0. The molecule has 78 valence electrons. The van der Waals surface area contributed by atoms with Crippen molar-refractivity contribution in [1.82, 2.24) is 0 Å². The minimum Gasteiger partial charge on any atom is -0.0843 e. The van der Waals surface area contributed by atoms with Crippen LogP contribution in [0.25, 0.3) is 6.08 Å². The topological polar surface area (TPSA) is 0 Å². The van der Waals surface area contributed by atoms with Gasteiger partial charge in [-0.3, -0.25) is 0 Å². The molecule has 0 heterocycles. The molecule has 0 aromatic heterocycles. The third-order valence-electron chi connectivity index (χ3n) is 3.88. The maximum absolute atomic E-state index is 6.02. The lowest BCUT2D eigenvalue weighted by Gasteiger charge is -2.33. The molecule has 0 N–H and O–H groups in total. The van der Waals surface area contributed by atoms with Gasteiger partial charge >= 0.3 is 0 Å². The molecular weight excluding hydrogens is 204 g/mol. The predicted octanol–water partition coefficient (Wildman–Crippen LogP) is 4.57. The number of hydrogen-bond donors (Lipinski definition) is 0. The van der Waals surface area contributed by atoms with Gasteiger partial charge in [-0.2, -0.15) is 0 Å². The Kier molecular flexibility index (Phi) is 2.14. The van der Waals surface area contributed by atoms with Crippen LogP contribution >= 0.6 is 11.6 Å². The fraction of sp³-hybridized carbons (Fsp3) is 0.429. The van der Waals surface area contributed by atoms with Gasteiger partial charge in [-0.15, -0.1) is 0 Å². The summed E-state index contributed by atoms with van der Waals surface area (Å²) in [6.07, 6.45) is 11.4. The van der Waals surface area contributed by atoms with Crippen LogP contribution in [-0.4, -0.2) is 0 Å². The van der Waals surface area contributed by atoms with Crippen molar-refractivity contribution >= 4 is 17.7 Å². The highest BCUT2D eigenvalue weighted by Gasteiger charge is 2.35. The number of fused-ring (bicyclic) bond motifs is 2. The van der Waals surface area contributed by atoms with Crippen molar-refractivity contribution in [3.63, 3.8) is 0 Å². The number of benzene rings is 1. The largest absolute Gasteiger partial charge is 0.0843 e. The van der Waals surface area contributed by atoms with Gasteiger partial charge < -0.3 is 0 Å². The molecule has 0 nitrogen and oxygen atoms in total. The first kappa shape index (κ1) is 9.47. The van der Waals surface area contributed by atoms with Crippen LogP contribution in [0.2, 0.25) is 5.02 Å². The lowest BCUT2D eigenvalue weighted by Crippen LogP contribution is -2.24. The van der Waals surface area contributed by atoms with Gasteiger partial charge in [0.2, 0.25) is 0 Å². The Bertz CT molecular complexity index is 411. The molecule has 2 aliphatic carbocycles. The zero-order chi connectivity index (χ0) is 10.3. The fourth-order valence-corrected chi connectivity index (χ4v) is 3.26. The van der Waals surface area contributed by atoms with E-state index in [0.29, 0.717) is 5.41 Å². The van der Waals surface area contributed by atoms with Crippen molar-refractivity contribution < 1.29 is 0 Å². The van der Waals surface area contributed by atoms with Crippen LogP contribution in [0.15, 0.2) is 24.3 Å². The van der Waals surface area contributed by atoms with E-state index in [1.807, 2.05) is 6.07 Å². The van der Waals surface area contributed by atoms with Crippen molar-refractivity contribution in [2.24, 2.45) is 0 Å². The van der Waals surface area contributed by atoms with Gasteiger partial charge in [0, 0.05) is 10.4 Å².